The number of hydrogen-bond acceptors (Lipinski definition) is 3. The van der Waals surface area contributed by atoms with E-state index in [2.05, 4.69) is 165 Å². The van der Waals surface area contributed by atoms with Crippen molar-refractivity contribution in [3.05, 3.63) is 164 Å². The van der Waals surface area contributed by atoms with Gasteiger partial charge in [-0.3, -0.25) is 0 Å². The third kappa shape index (κ3) is 3.42. The first-order chi connectivity index (χ1) is 26.3. The minimum Gasteiger partial charge on any atom is -0.456 e. The zero-order valence-electron chi connectivity index (χ0n) is 28.2. The number of nitrogens with zero attached hydrogens (tertiary/aromatic N) is 3. The van der Waals surface area contributed by atoms with Crippen LogP contribution in [0, 0.1) is 0 Å². The molecule has 5 heterocycles. The van der Waals surface area contributed by atoms with Crippen molar-refractivity contribution in [1.29, 1.82) is 0 Å². The molecule has 0 unspecified atom stereocenters. The van der Waals surface area contributed by atoms with Gasteiger partial charge in [0.1, 0.15) is 22.3 Å². The molecule has 0 aliphatic carbocycles. The van der Waals surface area contributed by atoms with Gasteiger partial charge in [-0.2, -0.15) is 0 Å². The van der Waals surface area contributed by atoms with Crippen LogP contribution >= 0.6 is 0 Å². The fourth-order valence-electron chi connectivity index (χ4n) is 9.31. The normalized spacial score (nSPS) is 12.5. The second-order valence-corrected chi connectivity index (χ2v) is 14.1. The highest BCUT2D eigenvalue weighted by molar-refractivity contribution is 6.25. The predicted octanol–water partition coefficient (Wildman–Crippen LogP) is 13.5. The summed E-state index contributed by atoms with van der Waals surface area (Å²) in [6.07, 6.45) is 0. The Labute approximate surface area is 301 Å². The van der Waals surface area contributed by atoms with Gasteiger partial charge >= 0.3 is 0 Å². The molecule has 246 valence electrons. The number of benzene rings is 8. The minimum absolute atomic E-state index is 0.851. The lowest BCUT2D eigenvalue weighted by Gasteiger charge is -2.27. The molecule has 0 fully saturated rings. The number of aromatic nitrogens is 2. The number of hydrogen-bond donors (Lipinski definition) is 0. The fraction of sp³-hybridized carbons (Fsp3) is 0. The lowest BCUT2D eigenvalue weighted by molar-refractivity contribution is 0.668. The number of rotatable bonds is 3. The second kappa shape index (κ2) is 9.75. The Bertz CT molecular complexity index is 3540. The van der Waals surface area contributed by atoms with Crippen LogP contribution in [0.5, 0.6) is 0 Å². The SMILES string of the molecule is c1ccc2c(c1)oc1cccc(N(c3ccc4c(c3)n3c5ccccc5c5ccc6c7ccccc7n4c6c53)c3cccc4oc5ccccc5c34)c12. The summed E-state index contributed by atoms with van der Waals surface area (Å²) >= 11 is 0. The summed E-state index contributed by atoms with van der Waals surface area (Å²) in [5, 5.41) is 9.35. The highest BCUT2D eigenvalue weighted by Crippen LogP contribution is 2.48. The van der Waals surface area contributed by atoms with Gasteiger partial charge in [0.15, 0.2) is 0 Å². The monoisotopic (exact) mass is 677 g/mol. The standard InChI is InChI=1S/C48H27N3O2/c1-5-15-35-29(11-1)31-24-25-32-30-12-2-6-16-36(30)51-40-27-28(23-26-37(40)50(35)47(31)48(32)51)49(38-17-9-21-43-45(38)33-13-3-7-19-41(33)52-43)39-18-10-22-44-46(39)34-14-4-8-20-42(34)53-44/h1-27H. The second-order valence-electron chi connectivity index (χ2n) is 14.1. The third-order valence-corrected chi connectivity index (χ3v) is 11.4. The zero-order chi connectivity index (χ0) is 34.4. The van der Waals surface area contributed by atoms with Gasteiger partial charge in [-0.25, -0.2) is 0 Å². The minimum atomic E-state index is 0.851. The number of fused-ring (bicyclic) bond motifs is 15. The molecule has 5 aromatic heterocycles. The fourth-order valence-corrected chi connectivity index (χ4v) is 9.31. The topological polar surface area (TPSA) is 38.3 Å². The Morgan fingerprint density at radius 2 is 0.811 bits per heavy atom. The smallest absolute Gasteiger partial charge is 0.137 e. The Morgan fingerprint density at radius 3 is 1.38 bits per heavy atom. The van der Waals surface area contributed by atoms with E-state index >= 15 is 0 Å². The third-order valence-electron chi connectivity index (χ3n) is 11.4. The average molecular weight is 678 g/mol. The quantitative estimate of drug-likeness (QED) is 0.175. The Hall–Kier alpha value is -7.24. The van der Waals surface area contributed by atoms with E-state index in [0.717, 1.165) is 72.0 Å². The molecule has 0 amide bonds. The van der Waals surface area contributed by atoms with Crippen LogP contribution in [0.25, 0.3) is 98.5 Å². The largest absolute Gasteiger partial charge is 0.456 e. The number of para-hydroxylation sites is 4. The van der Waals surface area contributed by atoms with E-state index in [0.29, 0.717) is 0 Å². The molecule has 0 spiro atoms. The molecule has 5 heteroatoms. The van der Waals surface area contributed by atoms with Crippen LogP contribution in [0.1, 0.15) is 0 Å². The summed E-state index contributed by atoms with van der Waals surface area (Å²) in [6, 6.07) is 58.6. The molecular formula is C48H27N3O2. The van der Waals surface area contributed by atoms with Gasteiger partial charge in [0, 0.05) is 38.0 Å². The lowest BCUT2D eigenvalue weighted by atomic mass is 10.0. The first kappa shape index (κ1) is 27.5. The van der Waals surface area contributed by atoms with E-state index < -0.39 is 0 Å². The molecule has 0 aliphatic rings. The maximum Gasteiger partial charge on any atom is 0.137 e. The van der Waals surface area contributed by atoms with E-state index in [9.17, 15) is 0 Å². The Morgan fingerprint density at radius 1 is 0.340 bits per heavy atom. The molecule has 8 aromatic carbocycles. The first-order valence-corrected chi connectivity index (χ1v) is 18.0. The van der Waals surface area contributed by atoms with Gasteiger partial charge < -0.3 is 22.5 Å². The van der Waals surface area contributed by atoms with Crippen LogP contribution in [0.3, 0.4) is 0 Å². The van der Waals surface area contributed by atoms with Crippen LogP contribution in [-0.2, 0) is 0 Å². The van der Waals surface area contributed by atoms with Crippen molar-refractivity contribution in [2.24, 2.45) is 0 Å². The summed E-state index contributed by atoms with van der Waals surface area (Å²) in [7, 11) is 0. The van der Waals surface area contributed by atoms with E-state index in [1.54, 1.807) is 0 Å². The maximum absolute atomic E-state index is 6.48. The van der Waals surface area contributed by atoms with E-state index in [1.807, 2.05) is 12.1 Å². The summed E-state index contributed by atoms with van der Waals surface area (Å²) in [4.78, 5) is 2.40. The van der Waals surface area contributed by atoms with Crippen molar-refractivity contribution >= 4 is 116 Å². The van der Waals surface area contributed by atoms with Gasteiger partial charge in [-0.05, 0) is 66.7 Å². The number of anilines is 3. The van der Waals surface area contributed by atoms with Crippen molar-refractivity contribution in [3.8, 4) is 0 Å². The first-order valence-electron chi connectivity index (χ1n) is 18.0. The summed E-state index contributed by atoms with van der Waals surface area (Å²) in [5.74, 6) is 0. The van der Waals surface area contributed by atoms with Crippen LogP contribution < -0.4 is 4.90 Å². The van der Waals surface area contributed by atoms with Gasteiger partial charge in [-0.15, -0.1) is 0 Å². The van der Waals surface area contributed by atoms with Crippen molar-refractivity contribution in [2.75, 3.05) is 4.90 Å². The van der Waals surface area contributed by atoms with Crippen LogP contribution in [0.4, 0.5) is 17.1 Å². The van der Waals surface area contributed by atoms with E-state index in [4.69, 9.17) is 8.83 Å². The average Bonchev–Trinajstić information content (AvgIpc) is 3.96. The highest BCUT2D eigenvalue weighted by atomic mass is 16.3. The van der Waals surface area contributed by atoms with Crippen LogP contribution in [0.15, 0.2) is 173 Å². The van der Waals surface area contributed by atoms with E-state index in [-0.39, 0.29) is 0 Å². The van der Waals surface area contributed by atoms with Crippen LogP contribution in [0.2, 0.25) is 0 Å². The van der Waals surface area contributed by atoms with Crippen molar-refractivity contribution in [1.82, 2.24) is 8.80 Å². The Kier molecular flexibility index (Phi) is 5.06. The molecule has 13 rings (SSSR count). The van der Waals surface area contributed by atoms with Gasteiger partial charge in [0.05, 0.1) is 55.2 Å². The molecule has 0 saturated heterocycles. The maximum atomic E-state index is 6.48. The predicted molar refractivity (Wildman–Crippen MR) is 219 cm³/mol. The molecule has 0 aliphatic heterocycles. The molecule has 0 saturated carbocycles. The van der Waals surface area contributed by atoms with Crippen molar-refractivity contribution in [3.63, 3.8) is 0 Å². The molecule has 0 bridgehead atoms. The van der Waals surface area contributed by atoms with Crippen molar-refractivity contribution < 1.29 is 8.83 Å². The summed E-state index contributed by atoms with van der Waals surface area (Å²) in [6.45, 7) is 0. The molecule has 53 heavy (non-hydrogen) atoms. The summed E-state index contributed by atoms with van der Waals surface area (Å²) < 4.78 is 17.9. The zero-order valence-corrected chi connectivity index (χ0v) is 28.2. The molecule has 5 nitrogen and oxygen atoms in total. The van der Waals surface area contributed by atoms with E-state index in [1.165, 1.54) is 43.6 Å². The van der Waals surface area contributed by atoms with Crippen molar-refractivity contribution in [2.45, 2.75) is 0 Å². The molecule has 0 radical (unpaired) electrons. The lowest BCUT2D eigenvalue weighted by Crippen LogP contribution is -2.11. The summed E-state index contributed by atoms with van der Waals surface area (Å²) in [5.41, 5.74) is 13.7. The molecule has 0 N–H and O–H groups in total. The van der Waals surface area contributed by atoms with Gasteiger partial charge in [0.25, 0.3) is 0 Å². The molecule has 13 aromatic rings. The molecular weight excluding hydrogens is 651 g/mol. The Balaban J connectivity index is 1.23. The number of furan rings is 2. The highest BCUT2D eigenvalue weighted by Gasteiger charge is 2.26. The van der Waals surface area contributed by atoms with Crippen LogP contribution in [-0.4, -0.2) is 8.80 Å². The molecule has 0 atom stereocenters. The van der Waals surface area contributed by atoms with Gasteiger partial charge in [-0.1, -0.05) is 97.1 Å². The van der Waals surface area contributed by atoms with Gasteiger partial charge in [0.2, 0.25) is 0 Å².